The molecule has 4 rings (SSSR count). The van der Waals surface area contributed by atoms with Gasteiger partial charge in [0.15, 0.2) is 0 Å². The summed E-state index contributed by atoms with van der Waals surface area (Å²) < 4.78 is 7.25. The number of aromatic nitrogens is 5. The number of piperazine rings is 1. The second-order valence-corrected chi connectivity index (χ2v) is 5.75. The van der Waals surface area contributed by atoms with Crippen LogP contribution in [-0.2, 0) is 6.54 Å². The van der Waals surface area contributed by atoms with Crippen LogP contribution < -0.4 is 4.90 Å². The molecule has 3 aromatic rings. The van der Waals surface area contributed by atoms with Crippen LogP contribution in [0.1, 0.15) is 0 Å². The molecule has 24 heavy (non-hydrogen) atoms. The van der Waals surface area contributed by atoms with Crippen molar-refractivity contribution in [3.05, 3.63) is 43.0 Å². The predicted molar refractivity (Wildman–Crippen MR) is 88.4 cm³/mol. The van der Waals surface area contributed by atoms with Gasteiger partial charge >= 0.3 is 0 Å². The molecule has 0 unspecified atom stereocenters. The summed E-state index contributed by atoms with van der Waals surface area (Å²) in [5.41, 5.74) is 0.947. The first-order chi connectivity index (χ1) is 11.9. The molecule has 8 heteroatoms. The summed E-state index contributed by atoms with van der Waals surface area (Å²) in [5.74, 6) is 1.24. The quantitative estimate of drug-likeness (QED) is 0.696. The lowest BCUT2D eigenvalue weighted by Crippen LogP contribution is -2.47. The van der Waals surface area contributed by atoms with E-state index in [4.69, 9.17) is 4.52 Å². The number of anilines is 1. The lowest BCUT2D eigenvalue weighted by atomic mass is 10.2. The topological polar surface area (TPSA) is 76.1 Å². The van der Waals surface area contributed by atoms with E-state index in [1.807, 2.05) is 35.0 Å². The summed E-state index contributed by atoms with van der Waals surface area (Å²) in [4.78, 5) is 13.1. The van der Waals surface area contributed by atoms with E-state index in [9.17, 15) is 0 Å². The van der Waals surface area contributed by atoms with Gasteiger partial charge in [-0.15, -0.1) is 0 Å². The van der Waals surface area contributed by atoms with E-state index in [1.165, 1.54) is 0 Å². The zero-order valence-corrected chi connectivity index (χ0v) is 13.3. The van der Waals surface area contributed by atoms with Crippen LogP contribution in [0.25, 0.3) is 11.5 Å². The van der Waals surface area contributed by atoms with Crippen LogP contribution in [0, 0.1) is 0 Å². The van der Waals surface area contributed by atoms with E-state index in [1.54, 1.807) is 12.7 Å². The van der Waals surface area contributed by atoms with Crippen LogP contribution in [0.15, 0.2) is 47.5 Å². The molecule has 0 saturated carbocycles. The number of hydrogen-bond donors (Lipinski definition) is 0. The van der Waals surface area contributed by atoms with E-state index in [0.29, 0.717) is 11.8 Å². The maximum absolute atomic E-state index is 5.39. The number of hydrogen-bond acceptors (Lipinski definition) is 7. The van der Waals surface area contributed by atoms with Gasteiger partial charge in [0.05, 0.1) is 6.54 Å². The van der Waals surface area contributed by atoms with Gasteiger partial charge in [-0.25, -0.2) is 4.98 Å². The summed E-state index contributed by atoms with van der Waals surface area (Å²) >= 11 is 0. The van der Waals surface area contributed by atoms with Crippen molar-refractivity contribution in [2.75, 3.05) is 37.6 Å². The van der Waals surface area contributed by atoms with Gasteiger partial charge in [0.2, 0.25) is 0 Å². The van der Waals surface area contributed by atoms with E-state index < -0.39 is 0 Å². The van der Waals surface area contributed by atoms with Crippen LogP contribution in [0.3, 0.4) is 0 Å². The van der Waals surface area contributed by atoms with Gasteiger partial charge in [0.25, 0.3) is 11.8 Å². The highest BCUT2D eigenvalue weighted by atomic mass is 16.5. The molecule has 0 radical (unpaired) electrons. The normalized spacial score (nSPS) is 15.8. The first kappa shape index (κ1) is 14.8. The Bertz CT molecular complexity index is 748. The van der Waals surface area contributed by atoms with Gasteiger partial charge in [0, 0.05) is 38.3 Å². The molecule has 0 bridgehead atoms. The molecule has 1 aliphatic heterocycles. The van der Waals surface area contributed by atoms with Crippen molar-refractivity contribution >= 4 is 5.95 Å². The van der Waals surface area contributed by atoms with Crippen molar-refractivity contribution in [3.8, 4) is 11.5 Å². The highest BCUT2D eigenvalue weighted by Crippen LogP contribution is 2.20. The molecule has 1 saturated heterocycles. The Kier molecular flexibility index (Phi) is 4.20. The van der Waals surface area contributed by atoms with E-state index in [2.05, 4.69) is 30.0 Å². The van der Waals surface area contributed by atoms with Gasteiger partial charge < -0.3 is 9.42 Å². The molecule has 1 aliphatic rings. The zero-order chi connectivity index (χ0) is 16.2. The van der Waals surface area contributed by atoms with Gasteiger partial charge in [-0.05, 0) is 17.3 Å². The fourth-order valence-electron chi connectivity index (χ4n) is 2.81. The molecule has 8 nitrogen and oxygen atoms in total. The Morgan fingerprint density at radius 1 is 1.00 bits per heavy atom. The summed E-state index contributed by atoms with van der Waals surface area (Å²) in [7, 11) is 0. The van der Waals surface area contributed by atoms with Crippen LogP contribution in [0.4, 0.5) is 5.95 Å². The van der Waals surface area contributed by atoms with E-state index in [0.717, 1.165) is 44.8 Å². The minimum absolute atomic E-state index is 0.569. The summed E-state index contributed by atoms with van der Waals surface area (Å²) in [6, 6.07) is 9.85. The molecule has 2 aromatic heterocycles. The van der Waals surface area contributed by atoms with Gasteiger partial charge in [0.1, 0.15) is 12.7 Å². The van der Waals surface area contributed by atoms with Crippen molar-refractivity contribution in [3.63, 3.8) is 0 Å². The third-order valence-electron chi connectivity index (χ3n) is 4.20. The number of benzene rings is 1. The molecule has 0 atom stereocenters. The smallest absolute Gasteiger partial charge is 0.266 e. The molecule has 0 N–H and O–H groups in total. The predicted octanol–water partition coefficient (Wildman–Crippen LogP) is 1.15. The maximum atomic E-state index is 5.39. The Morgan fingerprint density at radius 3 is 2.58 bits per heavy atom. The molecule has 1 aromatic carbocycles. The molecule has 0 aliphatic carbocycles. The van der Waals surface area contributed by atoms with E-state index >= 15 is 0 Å². The van der Waals surface area contributed by atoms with Crippen molar-refractivity contribution in [2.45, 2.75) is 6.54 Å². The van der Waals surface area contributed by atoms with Crippen LogP contribution in [0.5, 0.6) is 0 Å². The second kappa shape index (κ2) is 6.79. The third kappa shape index (κ3) is 3.28. The van der Waals surface area contributed by atoms with E-state index in [-0.39, 0.29) is 0 Å². The lowest BCUT2D eigenvalue weighted by Gasteiger charge is -2.33. The standard InChI is InChI=1S/C16H19N7O/c1-2-4-14(5-3-1)15-19-16(20-24-15)22-9-6-21(7-10-22)8-11-23-13-17-12-18-23/h1-5,12-13H,6-11H2. The average molecular weight is 325 g/mol. The summed E-state index contributed by atoms with van der Waals surface area (Å²) in [5, 5.41) is 8.26. The summed E-state index contributed by atoms with van der Waals surface area (Å²) in [6.07, 6.45) is 3.32. The highest BCUT2D eigenvalue weighted by molar-refractivity contribution is 5.54. The van der Waals surface area contributed by atoms with Gasteiger partial charge in [-0.1, -0.05) is 18.2 Å². The lowest BCUT2D eigenvalue weighted by molar-refractivity contribution is 0.242. The fourth-order valence-corrected chi connectivity index (χ4v) is 2.81. The van der Waals surface area contributed by atoms with Gasteiger partial charge in [-0.2, -0.15) is 10.1 Å². The molecule has 3 heterocycles. The Hall–Kier alpha value is -2.74. The number of rotatable bonds is 5. The minimum atomic E-state index is 0.569. The third-order valence-corrected chi connectivity index (χ3v) is 4.20. The van der Waals surface area contributed by atoms with Crippen molar-refractivity contribution in [2.24, 2.45) is 0 Å². The molecule has 124 valence electrons. The molecular weight excluding hydrogens is 306 g/mol. The van der Waals surface area contributed by atoms with Gasteiger partial charge in [-0.3, -0.25) is 9.58 Å². The molecule has 1 fully saturated rings. The zero-order valence-electron chi connectivity index (χ0n) is 13.3. The second-order valence-electron chi connectivity index (χ2n) is 5.75. The fraction of sp³-hybridized carbons (Fsp3) is 0.375. The molecule has 0 spiro atoms. The summed E-state index contributed by atoms with van der Waals surface area (Å²) in [6.45, 7) is 5.57. The van der Waals surface area contributed by atoms with Crippen LogP contribution in [0.2, 0.25) is 0 Å². The van der Waals surface area contributed by atoms with Crippen molar-refractivity contribution in [1.29, 1.82) is 0 Å². The van der Waals surface area contributed by atoms with Crippen LogP contribution in [-0.4, -0.2) is 62.5 Å². The highest BCUT2D eigenvalue weighted by Gasteiger charge is 2.21. The van der Waals surface area contributed by atoms with Crippen molar-refractivity contribution in [1.82, 2.24) is 29.8 Å². The first-order valence-electron chi connectivity index (χ1n) is 8.07. The molecule has 0 amide bonds. The monoisotopic (exact) mass is 325 g/mol. The Balaban J connectivity index is 1.32. The van der Waals surface area contributed by atoms with Crippen LogP contribution >= 0.6 is 0 Å². The Labute approximate surface area is 139 Å². The maximum Gasteiger partial charge on any atom is 0.266 e. The largest absolute Gasteiger partial charge is 0.336 e. The Morgan fingerprint density at radius 2 is 1.83 bits per heavy atom. The minimum Gasteiger partial charge on any atom is -0.336 e. The van der Waals surface area contributed by atoms with Crippen molar-refractivity contribution < 1.29 is 4.52 Å². The first-order valence-corrected chi connectivity index (χ1v) is 8.07. The number of nitrogens with zero attached hydrogens (tertiary/aromatic N) is 7. The molecular formula is C16H19N7O. The average Bonchev–Trinajstić information content (AvgIpc) is 3.33. The SMILES string of the molecule is c1ccc(-c2nc(N3CCN(CCn4cncn4)CC3)no2)cc1.